The van der Waals surface area contributed by atoms with Gasteiger partial charge in [0, 0.05) is 17.2 Å². The van der Waals surface area contributed by atoms with Crippen molar-refractivity contribution in [3.05, 3.63) is 83.0 Å². The first-order chi connectivity index (χ1) is 17.0. The average molecular weight is 508 g/mol. The normalized spacial score (nSPS) is 13.8. The lowest BCUT2D eigenvalue weighted by Crippen LogP contribution is -2.23. The van der Waals surface area contributed by atoms with Gasteiger partial charge in [0.25, 0.3) is 0 Å². The minimum atomic E-state index is -5.03. The van der Waals surface area contributed by atoms with Crippen molar-refractivity contribution in [2.24, 2.45) is 4.99 Å². The predicted molar refractivity (Wildman–Crippen MR) is 116 cm³/mol. The van der Waals surface area contributed by atoms with Crippen LogP contribution in [0.3, 0.4) is 0 Å². The van der Waals surface area contributed by atoms with Crippen LogP contribution in [0.5, 0.6) is 0 Å². The van der Waals surface area contributed by atoms with Crippen LogP contribution in [0.15, 0.2) is 64.1 Å². The molecule has 0 bridgehead atoms. The molecule has 2 aromatic carbocycles. The summed E-state index contributed by atoms with van der Waals surface area (Å²) < 4.78 is 98.6. The number of nitrogens with one attached hydrogen (secondary N) is 1. The summed E-state index contributed by atoms with van der Waals surface area (Å²) in [6.07, 6.45) is -8.46. The number of aromatic nitrogens is 2. The summed E-state index contributed by atoms with van der Waals surface area (Å²) in [4.78, 5) is 9.13. The number of H-pyrrole nitrogens is 1. The van der Waals surface area contributed by atoms with Crippen LogP contribution in [-0.4, -0.2) is 21.4 Å². The van der Waals surface area contributed by atoms with Gasteiger partial charge in [-0.25, -0.2) is 9.38 Å². The number of hydrogen-bond donors (Lipinski definition) is 1. The van der Waals surface area contributed by atoms with Crippen molar-refractivity contribution in [1.29, 1.82) is 0 Å². The van der Waals surface area contributed by atoms with Gasteiger partial charge in [0.15, 0.2) is 5.76 Å². The summed E-state index contributed by atoms with van der Waals surface area (Å²) in [5.74, 6) is -0.221. The summed E-state index contributed by atoms with van der Waals surface area (Å²) in [6.45, 7) is 0.392. The molecule has 0 radical (unpaired) electrons. The molecule has 3 heterocycles. The number of nitrogens with zero attached hydrogens (tertiary/aromatic N) is 3. The van der Waals surface area contributed by atoms with Gasteiger partial charge in [-0.05, 0) is 30.3 Å². The van der Waals surface area contributed by atoms with E-state index in [0.717, 1.165) is 6.07 Å². The first-order valence-corrected chi connectivity index (χ1v) is 10.5. The number of fused-ring (bicyclic) bond motifs is 1. The van der Waals surface area contributed by atoms with Gasteiger partial charge in [-0.1, -0.05) is 23.4 Å². The van der Waals surface area contributed by atoms with Crippen molar-refractivity contribution >= 4 is 12.0 Å². The molecule has 4 aromatic rings. The molecule has 186 valence electrons. The molecule has 0 aliphatic carbocycles. The molecular formula is C24H15F7N4O. The fourth-order valence-electron chi connectivity index (χ4n) is 3.92. The smallest absolute Gasteiger partial charge is 0.359 e. The van der Waals surface area contributed by atoms with E-state index in [9.17, 15) is 30.7 Å². The predicted octanol–water partition coefficient (Wildman–Crippen LogP) is 7.19. The first-order valence-electron chi connectivity index (χ1n) is 10.5. The third kappa shape index (κ3) is 4.58. The Morgan fingerprint density at radius 3 is 2.42 bits per heavy atom. The summed E-state index contributed by atoms with van der Waals surface area (Å²) in [5, 5.41) is 3.64. The maximum absolute atomic E-state index is 14.1. The Labute approximate surface area is 198 Å². The zero-order valence-corrected chi connectivity index (χ0v) is 18.1. The zero-order valence-electron chi connectivity index (χ0n) is 18.1. The summed E-state index contributed by atoms with van der Waals surface area (Å²) in [5.41, 5.74) is -1.43. The fraction of sp³-hybridized carbons (Fsp3) is 0.167. The number of aromatic amines is 1. The van der Waals surface area contributed by atoms with Gasteiger partial charge in [-0.2, -0.15) is 26.3 Å². The van der Waals surface area contributed by atoms with E-state index in [1.807, 2.05) is 0 Å². The molecule has 1 aliphatic rings. The zero-order chi connectivity index (χ0) is 25.7. The molecule has 0 saturated heterocycles. The summed E-state index contributed by atoms with van der Waals surface area (Å²) in [6, 6.07) is 10.5. The van der Waals surface area contributed by atoms with E-state index in [1.165, 1.54) is 18.5 Å². The van der Waals surface area contributed by atoms with Gasteiger partial charge in [0.1, 0.15) is 11.5 Å². The molecule has 12 heteroatoms. The van der Waals surface area contributed by atoms with Crippen molar-refractivity contribution < 1.29 is 35.3 Å². The highest BCUT2D eigenvalue weighted by Crippen LogP contribution is 2.41. The maximum Gasteiger partial charge on any atom is 0.417 e. The first kappa shape index (κ1) is 23.6. The molecule has 0 fully saturated rings. The lowest BCUT2D eigenvalue weighted by atomic mass is 10.0. The molecule has 0 unspecified atom stereocenters. The van der Waals surface area contributed by atoms with Crippen molar-refractivity contribution in [2.45, 2.75) is 25.4 Å². The van der Waals surface area contributed by atoms with E-state index >= 15 is 0 Å². The SMILES string of the molecule is Fc1ccccc1-c1cc2c([nH]1)CN(Cc1cc(-c3ccc(C(F)(F)F)cc3C(F)(F)F)no1)C=N2. The maximum atomic E-state index is 14.1. The highest BCUT2D eigenvalue weighted by molar-refractivity contribution is 5.72. The van der Waals surface area contributed by atoms with Gasteiger partial charge in [-0.15, -0.1) is 0 Å². The third-order valence-electron chi connectivity index (χ3n) is 5.61. The van der Waals surface area contributed by atoms with E-state index < -0.39 is 34.9 Å². The largest absolute Gasteiger partial charge is 0.417 e. The molecule has 0 atom stereocenters. The van der Waals surface area contributed by atoms with Crippen molar-refractivity contribution in [3.8, 4) is 22.5 Å². The van der Waals surface area contributed by atoms with Crippen molar-refractivity contribution in [2.75, 3.05) is 0 Å². The van der Waals surface area contributed by atoms with Crippen molar-refractivity contribution in [1.82, 2.24) is 15.0 Å². The molecule has 2 aromatic heterocycles. The Balaban J connectivity index is 1.36. The quantitative estimate of drug-likeness (QED) is 0.297. The molecule has 36 heavy (non-hydrogen) atoms. The lowest BCUT2D eigenvalue weighted by molar-refractivity contribution is -0.142. The van der Waals surface area contributed by atoms with Gasteiger partial charge >= 0.3 is 12.4 Å². The van der Waals surface area contributed by atoms with Gasteiger partial charge < -0.3 is 14.4 Å². The second-order valence-electron chi connectivity index (χ2n) is 8.11. The van der Waals surface area contributed by atoms with Crippen LogP contribution in [0.2, 0.25) is 0 Å². The molecule has 5 rings (SSSR count). The number of rotatable bonds is 4. The molecule has 1 N–H and O–H groups in total. The number of hydrogen-bond acceptors (Lipinski definition) is 4. The Kier molecular flexibility index (Phi) is 5.61. The number of aliphatic imine (C=N–C) groups is 1. The molecule has 0 amide bonds. The Morgan fingerprint density at radius 1 is 0.917 bits per heavy atom. The highest BCUT2D eigenvalue weighted by atomic mass is 19.4. The molecule has 1 aliphatic heterocycles. The number of halogens is 7. The van der Waals surface area contributed by atoms with Crippen LogP contribution in [-0.2, 0) is 25.4 Å². The van der Waals surface area contributed by atoms with E-state index in [2.05, 4.69) is 15.1 Å². The van der Waals surface area contributed by atoms with E-state index in [0.29, 0.717) is 35.2 Å². The monoisotopic (exact) mass is 508 g/mol. The van der Waals surface area contributed by atoms with E-state index in [-0.39, 0.29) is 24.1 Å². The molecule has 0 spiro atoms. The molecule has 0 saturated carbocycles. The van der Waals surface area contributed by atoms with Gasteiger partial charge in [0.05, 0.1) is 47.6 Å². The van der Waals surface area contributed by atoms with Crippen LogP contribution < -0.4 is 0 Å². The van der Waals surface area contributed by atoms with E-state index in [4.69, 9.17) is 4.52 Å². The average Bonchev–Trinajstić information content (AvgIpc) is 3.44. The highest BCUT2D eigenvalue weighted by Gasteiger charge is 2.39. The van der Waals surface area contributed by atoms with Crippen LogP contribution >= 0.6 is 0 Å². The van der Waals surface area contributed by atoms with Crippen molar-refractivity contribution in [3.63, 3.8) is 0 Å². The second-order valence-corrected chi connectivity index (χ2v) is 8.11. The van der Waals surface area contributed by atoms with E-state index in [1.54, 1.807) is 29.2 Å². The molecular weight excluding hydrogens is 493 g/mol. The minimum Gasteiger partial charge on any atom is -0.359 e. The fourth-order valence-corrected chi connectivity index (χ4v) is 3.92. The van der Waals surface area contributed by atoms with Gasteiger partial charge in [-0.3, -0.25) is 0 Å². The lowest BCUT2D eigenvalue weighted by Gasteiger charge is -2.20. The van der Waals surface area contributed by atoms with Crippen LogP contribution in [0.25, 0.3) is 22.5 Å². The third-order valence-corrected chi connectivity index (χ3v) is 5.61. The molecule has 5 nitrogen and oxygen atoms in total. The van der Waals surface area contributed by atoms with Crippen LogP contribution in [0.1, 0.15) is 22.6 Å². The minimum absolute atomic E-state index is 0.0565. The number of alkyl halides is 6. The number of benzene rings is 2. The van der Waals surface area contributed by atoms with Crippen LogP contribution in [0, 0.1) is 5.82 Å². The topological polar surface area (TPSA) is 57.4 Å². The van der Waals surface area contributed by atoms with Crippen LogP contribution in [0.4, 0.5) is 36.4 Å². The van der Waals surface area contributed by atoms with Gasteiger partial charge in [0.2, 0.25) is 0 Å². The Bertz CT molecular complexity index is 1450. The Morgan fingerprint density at radius 2 is 1.69 bits per heavy atom. The second kappa shape index (κ2) is 8.54. The Hall–Kier alpha value is -4.09. The summed E-state index contributed by atoms with van der Waals surface area (Å²) >= 11 is 0. The standard InChI is InChI=1S/C24H15F7N4O/c25-18-4-2-1-3-16(18)19-9-21-22(33-19)11-35(12-32-21)10-14-8-20(34-36-14)15-6-5-13(23(26,27)28)7-17(15)24(29,30)31/h1-9,12,33H,10-11H2. The summed E-state index contributed by atoms with van der Waals surface area (Å²) in [7, 11) is 0.